The number of aromatic amines is 1. The molecular weight excluding hydrogens is 392 g/mol. The summed E-state index contributed by atoms with van der Waals surface area (Å²) in [4.78, 5) is 32.3. The third kappa shape index (κ3) is 3.36. The van der Waals surface area contributed by atoms with Gasteiger partial charge in [-0.05, 0) is 57.1 Å². The van der Waals surface area contributed by atoms with Gasteiger partial charge in [-0.15, -0.1) is 0 Å². The Labute approximate surface area is 175 Å². The number of aromatic nitrogens is 1. The SMILES string of the molecule is CN(C)CCNC(=O)C1(C2c3[nH]c4ccc(Cl)cc4c3CCN2C(=O)O)CCC1. The lowest BCUT2D eigenvalue weighted by Crippen LogP contribution is -2.57. The number of H-pyrrole nitrogens is 1. The van der Waals surface area contributed by atoms with Gasteiger partial charge >= 0.3 is 6.09 Å². The van der Waals surface area contributed by atoms with E-state index < -0.39 is 17.6 Å². The molecule has 156 valence electrons. The monoisotopic (exact) mass is 418 g/mol. The molecule has 0 spiro atoms. The van der Waals surface area contributed by atoms with Gasteiger partial charge in [-0.2, -0.15) is 0 Å². The molecule has 1 saturated carbocycles. The predicted molar refractivity (Wildman–Crippen MR) is 112 cm³/mol. The highest BCUT2D eigenvalue weighted by Gasteiger charge is 2.56. The van der Waals surface area contributed by atoms with Gasteiger partial charge in [0, 0.05) is 41.3 Å². The molecule has 1 aromatic carbocycles. The molecule has 0 radical (unpaired) electrons. The zero-order valence-electron chi connectivity index (χ0n) is 16.8. The average Bonchev–Trinajstić information content (AvgIpc) is 2.98. The summed E-state index contributed by atoms with van der Waals surface area (Å²) >= 11 is 6.21. The smallest absolute Gasteiger partial charge is 0.407 e. The summed E-state index contributed by atoms with van der Waals surface area (Å²) < 4.78 is 0. The number of fused-ring (bicyclic) bond motifs is 3. The molecule has 1 aromatic heterocycles. The average molecular weight is 419 g/mol. The van der Waals surface area contributed by atoms with E-state index >= 15 is 0 Å². The number of carboxylic acid groups (broad SMARTS) is 1. The van der Waals surface area contributed by atoms with Gasteiger partial charge < -0.3 is 20.3 Å². The Morgan fingerprint density at radius 1 is 1.38 bits per heavy atom. The first kappa shape index (κ1) is 20.0. The zero-order chi connectivity index (χ0) is 20.8. The molecule has 29 heavy (non-hydrogen) atoms. The molecule has 2 aliphatic rings. The van der Waals surface area contributed by atoms with Crippen LogP contribution in [-0.2, 0) is 11.2 Å². The second-order valence-electron chi connectivity index (χ2n) is 8.40. The van der Waals surface area contributed by atoms with Crippen LogP contribution in [0.15, 0.2) is 18.2 Å². The minimum atomic E-state index is -0.982. The summed E-state index contributed by atoms with van der Waals surface area (Å²) in [5, 5.41) is 14.6. The fourth-order valence-corrected chi connectivity index (χ4v) is 4.96. The number of carbonyl (C=O) groups is 2. The number of nitrogens with zero attached hydrogens (tertiary/aromatic N) is 2. The van der Waals surface area contributed by atoms with Crippen LogP contribution in [0.5, 0.6) is 0 Å². The van der Waals surface area contributed by atoms with Crippen molar-refractivity contribution in [3.63, 3.8) is 0 Å². The lowest BCUT2D eigenvalue weighted by Gasteiger charge is -2.50. The van der Waals surface area contributed by atoms with E-state index in [1.54, 1.807) is 0 Å². The van der Waals surface area contributed by atoms with E-state index in [1.807, 2.05) is 37.2 Å². The number of likely N-dealkylation sites (N-methyl/N-ethyl adjacent to an activating group) is 1. The van der Waals surface area contributed by atoms with Crippen LogP contribution in [0.4, 0.5) is 4.79 Å². The van der Waals surface area contributed by atoms with Crippen molar-refractivity contribution in [3.05, 3.63) is 34.5 Å². The van der Waals surface area contributed by atoms with Crippen molar-refractivity contribution < 1.29 is 14.7 Å². The van der Waals surface area contributed by atoms with Crippen molar-refractivity contribution in [2.75, 3.05) is 33.7 Å². The molecule has 1 aliphatic heterocycles. The number of carbonyl (C=O) groups excluding carboxylic acids is 1. The molecule has 1 unspecified atom stereocenters. The van der Waals surface area contributed by atoms with Gasteiger partial charge in [0.05, 0.1) is 11.5 Å². The third-order valence-electron chi connectivity index (χ3n) is 6.40. The number of amides is 2. The topological polar surface area (TPSA) is 88.7 Å². The maximum atomic E-state index is 13.3. The maximum absolute atomic E-state index is 13.3. The highest BCUT2D eigenvalue weighted by Crippen LogP contribution is 2.55. The second kappa shape index (κ2) is 7.54. The van der Waals surface area contributed by atoms with Crippen LogP contribution in [0.3, 0.4) is 0 Å². The van der Waals surface area contributed by atoms with Gasteiger partial charge in [0.15, 0.2) is 0 Å². The molecule has 3 N–H and O–H groups in total. The first-order valence-electron chi connectivity index (χ1n) is 10.1. The first-order valence-corrected chi connectivity index (χ1v) is 10.4. The van der Waals surface area contributed by atoms with E-state index in [1.165, 1.54) is 4.90 Å². The maximum Gasteiger partial charge on any atom is 0.407 e. The lowest BCUT2D eigenvalue weighted by molar-refractivity contribution is -0.142. The van der Waals surface area contributed by atoms with Gasteiger partial charge in [-0.1, -0.05) is 18.0 Å². The minimum absolute atomic E-state index is 0.0496. The fraction of sp³-hybridized carbons (Fsp3) is 0.524. The van der Waals surface area contributed by atoms with E-state index in [0.29, 0.717) is 37.4 Å². The Morgan fingerprint density at radius 2 is 2.14 bits per heavy atom. The Bertz CT molecular complexity index is 951. The Kier molecular flexibility index (Phi) is 5.21. The summed E-state index contributed by atoms with van der Waals surface area (Å²) in [7, 11) is 3.92. The molecule has 2 heterocycles. The third-order valence-corrected chi connectivity index (χ3v) is 6.64. The quantitative estimate of drug-likeness (QED) is 0.695. The summed E-state index contributed by atoms with van der Waals surface area (Å²) in [6, 6.07) is 5.15. The lowest BCUT2D eigenvalue weighted by atomic mass is 9.61. The molecule has 0 saturated heterocycles. The summed E-state index contributed by atoms with van der Waals surface area (Å²) in [5.41, 5.74) is 2.12. The molecule has 1 aliphatic carbocycles. The van der Waals surface area contributed by atoms with E-state index in [0.717, 1.165) is 35.1 Å². The van der Waals surface area contributed by atoms with E-state index in [2.05, 4.69) is 10.3 Å². The molecule has 4 rings (SSSR count). The number of benzene rings is 1. The van der Waals surface area contributed by atoms with Gasteiger partial charge in [0.1, 0.15) is 0 Å². The van der Waals surface area contributed by atoms with Crippen molar-refractivity contribution in [2.24, 2.45) is 5.41 Å². The van der Waals surface area contributed by atoms with Crippen LogP contribution in [0.2, 0.25) is 5.02 Å². The molecule has 8 heteroatoms. The van der Waals surface area contributed by atoms with Crippen LogP contribution in [-0.4, -0.2) is 65.6 Å². The molecule has 2 amide bonds. The van der Waals surface area contributed by atoms with Crippen LogP contribution >= 0.6 is 11.6 Å². The van der Waals surface area contributed by atoms with E-state index in [4.69, 9.17) is 11.6 Å². The highest BCUT2D eigenvalue weighted by molar-refractivity contribution is 6.31. The van der Waals surface area contributed by atoms with Crippen LogP contribution in [0.25, 0.3) is 10.9 Å². The van der Waals surface area contributed by atoms with Crippen LogP contribution in [0, 0.1) is 5.41 Å². The van der Waals surface area contributed by atoms with Crippen molar-refractivity contribution in [1.29, 1.82) is 0 Å². The molecule has 1 fully saturated rings. The first-order chi connectivity index (χ1) is 13.8. The van der Waals surface area contributed by atoms with Crippen LogP contribution in [0.1, 0.15) is 36.6 Å². The number of nitrogens with one attached hydrogen (secondary N) is 2. The van der Waals surface area contributed by atoms with Gasteiger partial charge in [0.25, 0.3) is 0 Å². The summed E-state index contributed by atoms with van der Waals surface area (Å²) in [5.74, 6) is -0.0496. The van der Waals surface area contributed by atoms with Crippen molar-refractivity contribution in [1.82, 2.24) is 20.1 Å². The van der Waals surface area contributed by atoms with Gasteiger partial charge in [-0.25, -0.2) is 4.79 Å². The molecule has 7 nitrogen and oxygen atoms in total. The molecule has 2 aromatic rings. The molecule has 0 bridgehead atoms. The highest BCUT2D eigenvalue weighted by atomic mass is 35.5. The number of halogens is 1. The van der Waals surface area contributed by atoms with Gasteiger partial charge in [-0.3, -0.25) is 9.69 Å². The summed E-state index contributed by atoms with van der Waals surface area (Å²) in [6.07, 6.45) is 1.92. The largest absolute Gasteiger partial charge is 0.465 e. The number of hydrogen-bond donors (Lipinski definition) is 3. The number of rotatable bonds is 5. The van der Waals surface area contributed by atoms with Crippen molar-refractivity contribution in [2.45, 2.75) is 31.7 Å². The Morgan fingerprint density at radius 3 is 2.76 bits per heavy atom. The predicted octanol–water partition coefficient (Wildman–Crippen LogP) is 3.25. The normalized spacial score (nSPS) is 20.4. The standard InChI is InChI=1S/C21H27ClN4O3/c1-25(2)11-9-23-19(27)21(7-3-8-21)18-17-14(6-10-26(18)20(28)29)15-12-13(22)4-5-16(15)24-17/h4-5,12,18,24H,3,6-11H2,1-2H3,(H,23,27)(H,28,29). The van der Waals surface area contributed by atoms with Gasteiger partial charge in [0.2, 0.25) is 5.91 Å². The Balaban J connectivity index is 1.76. The van der Waals surface area contributed by atoms with E-state index in [-0.39, 0.29) is 5.91 Å². The van der Waals surface area contributed by atoms with Crippen molar-refractivity contribution in [3.8, 4) is 0 Å². The zero-order valence-corrected chi connectivity index (χ0v) is 17.6. The second-order valence-corrected chi connectivity index (χ2v) is 8.84. The molecular formula is C21H27ClN4O3. The van der Waals surface area contributed by atoms with Crippen molar-refractivity contribution >= 4 is 34.5 Å². The van der Waals surface area contributed by atoms with E-state index in [9.17, 15) is 14.7 Å². The minimum Gasteiger partial charge on any atom is -0.465 e. The summed E-state index contributed by atoms with van der Waals surface area (Å²) in [6.45, 7) is 1.66. The number of hydrogen-bond acceptors (Lipinski definition) is 3. The molecule has 1 atom stereocenters. The Hall–Kier alpha value is -2.25. The fourth-order valence-electron chi connectivity index (χ4n) is 4.79. The van der Waals surface area contributed by atoms with Crippen LogP contribution < -0.4 is 5.32 Å².